The first-order chi connectivity index (χ1) is 15.3. The second-order valence-corrected chi connectivity index (χ2v) is 8.40. The fourth-order valence-electron chi connectivity index (χ4n) is 2.93. The van der Waals surface area contributed by atoms with Crippen LogP contribution in [-0.4, -0.2) is 44.7 Å². The van der Waals surface area contributed by atoms with Crippen LogP contribution in [0.5, 0.6) is 11.5 Å². The average molecular weight is 474 g/mol. The van der Waals surface area contributed by atoms with Crippen molar-refractivity contribution >= 4 is 57.6 Å². The van der Waals surface area contributed by atoms with E-state index in [1.54, 1.807) is 13.2 Å². The van der Waals surface area contributed by atoms with Gasteiger partial charge in [-0.05, 0) is 36.3 Å². The second-order valence-electron chi connectivity index (χ2n) is 6.72. The number of aromatic hydroxyl groups is 1. The van der Waals surface area contributed by atoms with Crippen LogP contribution in [0.15, 0.2) is 47.4 Å². The number of phenols is 1. The lowest BCUT2D eigenvalue weighted by atomic mass is 10.2. The van der Waals surface area contributed by atoms with Gasteiger partial charge in [-0.3, -0.25) is 24.6 Å². The highest BCUT2D eigenvalue weighted by atomic mass is 32.2. The highest BCUT2D eigenvalue weighted by Gasteiger charge is 2.31. The van der Waals surface area contributed by atoms with Crippen LogP contribution < -0.4 is 10.1 Å². The van der Waals surface area contributed by atoms with Crippen LogP contribution in [0.4, 0.5) is 11.4 Å². The van der Waals surface area contributed by atoms with Crippen molar-refractivity contribution in [3.8, 4) is 11.5 Å². The first kappa shape index (κ1) is 23.2. The first-order valence-electron chi connectivity index (χ1n) is 9.45. The minimum atomic E-state index is -0.643. The van der Waals surface area contributed by atoms with Gasteiger partial charge in [0.15, 0.2) is 0 Å². The molecule has 166 valence electrons. The number of nitro benzene ring substituents is 1. The minimum Gasteiger partial charge on any atom is -0.506 e. The molecule has 32 heavy (non-hydrogen) atoms. The van der Waals surface area contributed by atoms with Gasteiger partial charge in [-0.15, -0.1) is 0 Å². The summed E-state index contributed by atoms with van der Waals surface area (Å²) in [6.45, 7) is 0.264. The number of methoxy groups -OCH3 is 1. The largest absolute Gasteiger partial charge is 0.506 e. The number of phenolic OH excluding ortho intramolecular Hbond substituents is 1. The Labute approximate surface area is 193 Å². The molecule has 0 bridgehead atoms. The molecule has 0 atom stereocenters. The van der Waals surface area contributed by atoms with Crippen molar-refractivity contribution in [3.05, 3.63) is 63.0 Å². The summed E-state index contributed by atoms with van der Waals surface area (Å²) >= 11 is 6.50. The Morgan fingerprint density at radius 2 is 2.12 bits per heavy atom. The zero-order chi connectivity index (χ0) is 23.3. The molecule has 1 heterocycles. The molecular formula is C21H19N3O6S2. The monoisotopic (exact) mass is 473 g/mol. The summed E-state index contributed by atoms with van der Waals surface area (Å²) in [6, 6.07) is 10.7. The quantitative estimate of drug-likeness (QED) is 0.194. The van der Waals surface area contributed by atoms with E-state index < -0.39 is 16.6 Å². The molecule has 1 fully saturated rings. The van der Waals surface area contributed by atoms with Crippen molar-refractivity contribution in [1.82, 2.24) is 4.90 Å². The molecule has 11 heteroatoms. The van der Waals surface area contributed by atoms with Gasteiger partial charge in [0.1, 0.15) is 15.8 Å². The molecule has 9 nitrogen and oxygen atoms in total. The molecule has 0 aliphatic carbocycles. The molecule has 1 aliphatic heterocycles. The van der Waals surface area contributed by atoms with Crippen LogP contribution in [0.1, 0.15) is 18.4 Å². The SMILES string of the molecule is COc1cccc(/C=C2\SC(=S)N(CCCC(=O)Nc3ccc([N+](=O)[O-])cc3O)C2=O)c1. The first-order valence-corrected chi connectivity index (χ1v) is 10.7. The van der Waals surface area contributed by atoms with E-state index >= 15 is 0 Å². The number of non-ortho nitro benzene ring substituents is 1. The smallest absolute Gasteiger partial charge is 0.273 e. The van der Waals surface area contributed by atoms with Crippen LogP contribution in [0.2, 0.25) is 0 Å². The van der Waals surface area contributed by atoms with E-state index in [1.807, 2.05) is 24.3 Å². The summed E-state index contributed by atoms with van der Waals surface area (Å²) in [6.07, 6.45) is 2.16. The third kappa shape index (κ3) is 5.62. The summed E-state index contributed by atoms with van der Waals surface area (Å²) in [5.41, 5.74) is 0.608. The highest BCUT2D eigenvalue weighted by molar-refractivity contribution is 8.26. The number of carbonyl (C=O) groups excluding carboxylic acids is 2. The number of thioether (sulfide) groups is 1. The van der Waals surface area contributed by atoms with E-state index in [1.165, 1.54) is 28.8 Å². The predicted octanol–water partition coefficient (Wildman–Crippen LogP) is 3.93. The maximum absolute atomic E-state index is 12.7. The van der Waals surface area contributed by atoms with Crippen LogP contribution >= 0.6 is 24.0 Å². The van der Waals surface area contributed by atoms with E-state index in [0.717, 1.165) is 11.6 Å². The molecule has 1 saturated heterocycles. The molecule has 2 amide bonds. The lowest BCUT2D eigenvalue weighted by Crippen LogP contribution is -2.29. The summed E-state index contributed by atoms with van der Waals surface area (Å²) in [5.74, 6) is -0.339. The number of nitrogens with zero attached hydrogens (tertiary/aromatic N) is 2. The zero-order valence-electron chi connectivity index (χ0n) is 16.9. The van der Waals surface area contributed by atoms with Crippen molar-refractivity contribution in [2.24, 2.45) is 0 Å². The number of hydrogen-bond acceptors (Lipinski definition) is 8. The number of benzene rings is 2. The van der Waals surface area contributed by atoms with E-state index in [0.29, 0.717) is 21.4 Å². The van der Waals surface area contributed by atoms with Gasteiger partial charge in [-0.1, -0.05) is 36.1 Å². The molecule has 3 rings (SSSR count). The molecule has 2 aromatic rings. The van der Waals surface area contributed by atoms with Gasteiger partial charge in [-0.2, -0.15) is 0 Å². The van der Waals surface area contributed by atoms with Crippen LogP contribution in [0, 0.1) is 10.1 Å². The van der Waals surface area contributed by atoms with E-state index in [2.05, 4.69) is 5.32 Å². The van der Waals surface area contributed by atoms with Crippen molar-refractivity contribution in [2.75, 3.05) is 19.0 Å². The zero-order valence-corrected chi connectivity index (χ0v) is 18.6. The minimum absolute atomic E-state index is 0.0718. The van der Waals surface area contributed by atoms with E-state index in [-0.39, 0.29) is 30.2 Å². The predicted molar refractivity (Wildman–Crippen MR) is 125 cm³/mol. The van der Waals surface area contributed by atoms with Crippen LogP contribution in [0.25, 0.3) is 6.08 Å². The van der Waals surface area contributed by atoms with Crippen molar-refractivity contribution in [3.63, 3.8) is 0 Å². The number of amides is 2. The molecule has 2 aromatic carbocycles. The van der Waals surface area contributed by atoms with Crippen LogP contribution in [-0.2, 0) is 9.59 Å². The Balaban J connectivity index is 1.55. The maximum atomic E-state index is 12.7. The number of hydrogen-bond donors (Lipinski definition) is 2. The van der Waals surface area contributed by atoms with Crippen LogP contribution in [0.3, 0.4) is 0 Å². The normalized spacial score (nSPS) is 14.7. The third-order valence-corrected chi connectivity index (χ3v) is 5.89. The Bertz CT molecular complexity index is 1120. The number of nitro groups is 1. The molecule has 0 saturated carbocycles. The third-order valence-electron chi connectivity index (χ3n) is 4.52. The number of ether oxygens (including phenoxy) is 1. The van der Waals surface area contributed by atoms with Gasteiger partial charge < -0.3 is 15.2 Å². The van der Waals surface area contributed by atoms with Gasteiger partial charge in [-0.25, -0.2) is 0 Å². The number of carbonyl (C=O) groups is 2. The molecule has 2 N–H and O–H groups in total. The standard InChI is InChI=1S/C21H19N3O6S2/c1-30-15-5-2-4-13(10-15)11-18-20(27)23(21(31)32-18)9-3-6-19(26)22-16-8-7-14(24(28)29)12-17(16)25/h2,4-5,7-8,10-12,25H,3,6,9H2,1H3,(H,22,26)/b18-11-. The number of rotatable bonds is 8. The molecule has 0 spiro atoms. The van der Waals surface area contributed by atoms with Gasteiger partial charge in [0.25, 0.3) is 11.6 Å². The fourth-order valence-corrected chi connectivity index (χ4v) is 4.23. The highest BCUT2D eigenvalue weighted by Crippen LogP contribution is 2.33. The molecular weight excluding hydrogens is 454 g/mol. The second kappa shape index (κ2) is 10.2. The van der Waals surface area contributed by atoms with Gasteiger partial charge >= 0.3 is 0 Å². The van der Waals surface area contributed by atoms with Gasteiger partial charge in [0, 0.05) is 19.0 Å². The summed E-state index contributed by atoms with van der Waals surface area (Å²) in [7, 11) is 1.57. The fraction of sp³-hybridized carbons (Fsp3) is 0.190. The summed E-state index contributed by atoms with van der Waals surface area (Å²) < 4.78 is 5.60. The Hall–Kier alpha value is -3.44. The molecule has 0 unspecified atom stereocenters. The van der Waals surface area contributed by atoms with Crippen molar-refractivity contribution in [1.29, 1.82) is 0 Å². The lowest BCUT2D eigenvalue weighted by molar-refractivity contribution is -0.384. The summed E-state index contributed by atoms with van der Waals surface area (Å²) in [5, 5.41) is 23.0. The maximum Gasteiger partial charge on any atom is 0.273 e. The average Bonchev–Trinajstić information content (AvgIpc) is 3.02. The number of nitrogens with one attached hydrogen (secondary N) is 1. The summed E-state index contributed by atoms with van der Waals surface area (Å²) in [4.78, 5) is 36.9. The van der Waals surface area contributed by atoms with Crippen molar-refractivity contribution in [2.45, 2.75) is 12.8 Å². The molecule has 0 radical (unpaired) electrons. The number of thiocarbonyl (C=S) groups is 1. The molecule has 0 aromatic heterocycles. The Morgan fingerprint density at radius 1 is 1.34 bits per heavy atom. The topological polar surface area (TPSA) is 122 Å². The van der Waals surface area contributed by atoms with Gasteiger partial charge in [0.05, 0.1) is 28.7 Å². The lowest BCUT2D eigenvalue weighted by Gasteiger charge is -2.14. The van der Waals surface area contributed by atoms with E-state index in [4.69, 9.17) is 17.0 Å². The van der Waals surface area contributed by atoms with Gasteiger partial charge in [0.2, 0.25) is 5.91 Å². The molecule has 1 aliphatic rings. The van der Waals surface area contributed by atoms with Crippen molar-refractivity contribution < 1.29 is 24.4 Å². The Morgan fingerprint density at radius 3 is 2.81 bits per heavy atom. The number of anilines is 1. The Kier molecular flexibility index (Phi) is 7.44. The van der Waals surface area contributed by atoms with E-state index in [9.17, 15) is 24.8 Å².